The quantitative estimate of drug-likeness (QED) is 0.889. The van der Waals surface area contributed by atoms with Crippen molar-refractivity contribution in [3.63, 3.8) is 0 Å². The molecule has 1 unspecified atom stereocenters. The smallest absolute Gasteiger partial charge is 0.267 e. The highest BCUT2D eigenvalue weighted by molar-refractivity contribution is 5.92. The summed E-state index contributed by atoms with van der Waals surface area (Å²) < 4.78 is 1.79. The summed E-state index contributed by atoms with van der Waals surface area (Å²) in [7, 11) is 1.85. The Morgan fingerprint density at radius 2 is 1.77 bits per heavy atom. The molecule has 5 heteroatoms. The van der Waals surface area contributed by atoms with Gasteiger partial charge in [0, 0.05) is 25.8 Å². The third kappa shape index (κ3) is 4.36. The number of amides is 1. The molecular formula is C17H24ClN3O. The van der Waals surface area contributed by atoms with Crippen LogP contribution in [-0.4, -0.2) is 17.0 Å². The molecule has 0 spiro atoms. The van der Waals surface area contributed by atoms with Crippen LogP contribution in [0.4, 0.5) is 0 Å². The average molecular weight is 322 g/mol. The first-order valence-electron chi connectivity index (χ1n) is 7.24. The van der Waals surface area contributed by atoms with Crippen LogP contribution >= 0.6 is 12.4 Å². The Hall–Kier alpha value is -1.78. The van der Waals surface area contributed by atoms with Gasteiger partial charge in [-0.1, -0.05) is 38.1 Å². The van der Waals surface area contributed by atoms with E-state index in [4.69, 9.17) is 5.73 Å². The highest BCUT2D eigenvalue weighted by Crippen LogP contribution is 2.17. The number of hydrogen-bond donors (Lipinski definition) is 2. The van der Waals surface area contributed by atoms with E-state index in [-0.39, 0.29) is 24.4 Å². The lowest BCUT2D eigenvalue weighted by Gasteiger charge is -2.15. The summed E-state index contributed by atoms with van der Waals surface area (Å²) in [6.45, 7) is 4.75. The lowest BCUT2D eigenvalue weighted by Crippen LogP contribution is -2.32. The van der Waals surface area contributed by atoms with Crippen LogP contribution < -0.4 is 11.1 Å². The third-order valence-electron chi connectivity index (χ3n) is 3.69. The molecule has 0 bridgehead atoms. The van der Waals surface area contributed by atoms with Gasteiger partial charge in [-0.3, -0.25) is 4.79 Å². The van der Waals surface area contributed by atoms with Gasteiger partial charge in [0.05, 0.1) is 0 Å². The van der Waals surface area contributed by atoms with E-state index >= 15 is 0 Å². The van der Waals surface area contributed by atoms with E-state index in [1.54, 1.807) is 10.6 Å². The first kappa shape index (κ1) is 18.3. The highest BCUT2D eigenvalue weighted by atomic mass is 35.5. The zero-order valence-corrected chi connectivity index (χ0v) is 14.1. The fourth-order valence-corrected chi connectivity index (χ4v) is 2.24. The number of nitrogens with two attached hydrogens (primary N) is 1. The Morgan fingerprint density at radius 3 is 2.27 bits per heavy atom. The largest absolute Gasteiger partial charge is 0.349 e. The molecular weight excluding hydrogens is 298 g/mol. The minimum atomic E-state index is -0.199. The zero-order valence-electron chi connectivity index (χ0n) is 13.2. The maximum absolute atomic E-state index is 12.0. The van der Waals surface area contributed by atoms with Crippen molar-refractivity contribution < 1.29 is 4.79 Å². The fraction of sp³-hybridized carbons (Fsp3) is 0.353. The van der Waals surface area contributed by atoms with E-state index in [1.807, 2.05) is 31.4 Å². The first-order valence-corrected chi connectivity index (χ1v) is 7.24. The standard InChI is InChI=1S/C17H23N3O.ClH/c1-12(2)13-6-8-14(9-7-13)15(18)11-19-17(21)16-5-4-10-20(16)3;/h4-10,12,15H,11,18H2,1-3H3,(H,19,21);1H. The molecule has 1 atom stereocenters. The molecule has 1 aromatic heterocycles. The molecule has 0 radical (unpaired) electrons. The van der Waals surface area contributed by atoms with E-state index in [2.05, 4.69) is 31.3 Å². The molecule has 0 fully saturated rings. The molecule has 0 aliphatic heterocycles. The number of halogens is 1. The maximum Gasteiger partial charge on any atom is 0.267 e. The molecule has 0 saturated carbocycles. The summed E-state index contributed by atoms with van der Waals surface area (Å²) in [6, 6.07) is 11.7. The summed E-state index contributed by atoms with van der Waals surface area (Å²) in [6.07, 6.45) is 1.85. The van der Waals surface area contributed by atoms with Gasteiger partial charge in [0.1, 0.15) is 5.69 Å². The number of carbonyl (C=O) groups is 1. The van der Waals surface area contributed by atoms with Crippen LogP contribution in [0.2, 0.25) is 0 Å². The predicted molar refractivity (Wildman–Crippen MR) is 92.5 cm³/mol. The summed E-state index contributed by atoms with van der Waals surface area (Å²) in [5.74, 6) is 0.407. The van der Waals surface area contributed by atoms with E-state index in [0.29, 0.717) is 18.2 Å². The summed E-state index contributed by atoms with van der Waals surface area (Å²) >= 11 is 0. The lowest BCUT2D eigenvalue weighted by molar-refractivity contribution is 0.0943. The van der Waals surface area contributed by atoms with Gasteiger partial charge in [0.2, 0.25) is 0 Å². The molecule has 1 amide bonds. The second-order valence-corrected chi connectivity index (χ2v) is 5.64. The molecule has 3 N–H and O–H groups in total. The summed E-state index contributed by atoms with van der Waals surface area (Å²) in [5.41, 5.74) is 9.10. The Bertz CT molecular complexity index is 605. The Morgan fingerprint density at radius 1 is 1.18 bits per heavy atom. The van der Waals surface area contributed by atoms with Crippen LogP contribution in [0, 0.1) is 0 Å². The number of nitrogens with one attached hydrogen (secondary N) is 1. The normalized spacial score (nSPS) is 11.9. The molecule has 0 aliphatic carbocycles. The number of nitrogens with zero attached hydrogens (tertiary/aromatic N) is 1. The van der Waals surface area contributed by atoms with Crippen LogP contribution in [0.25, 0.3) is 0 Å². The number of benzene rings is 1. The zero-order chi connectivity index (χ0) is 15.4. The summed E-state index contributed by atoms with van der Waals surface area (Å²) in [4.78, 5) is 12.0. The minimum absolute atomic E-state index is 0. The van der Waals surface area contributed by atoms with Crippen molar-refractivity contribution in [2.75, 3.05) is 6.54 Å². The van der Waals surface area contributed by atoms with Gasteiger partial charge >= 0.3 is 0 Å². The molecule has 0 aliphatic rings. The van der Waals surface area contributed by atoms with Crippen molar-refractivity contribution in [1.82, 2.24) is 9.88 Å². The van der Waals surface area contributed by atoms with Crippen LogP contribution in [0.1, 0.15) is 47.4 Å². The Labute approximate surface area is 138 Å². The molecule has 2 rings (SSSR count). The maximum atomic E-state index is 12.0. The average Bonchev–Trinajstić information content (AvgIpc) is 2.90. The Balaban J connectivity index is 0.00000242. The fourth-order valence-electron chi connectivity index (χ4n) is 2.24. The van der Waals surface area contributed by atoms with Gasteiger partial charge in [-0.15, -0.1) is 12.4 Å². The molecule has 22 heavy (non-hydrogen) atoms. The Kier molecular flexibility index (Phi) is 6.65. The van der Waals surface area contributed by atoms with Gasteiger partial charge in [-0.2, -0.15) is 0 Å². The van der Waals surface area contributed by atoms with E-state index < -0.39 is 0 Å². The van der Waals surface area contributed by atoms with Crippen molar-refractivity contribution in [3.8, 4) is 0 Å². The molecule has 4 nitrogen and oxygen atoms in total. The highest BCUT2D eigenvalue weighted by Gasteiger charge is 2.12. The number of carbonyl (C=O) groups excluding carboxylic acids is 1. The van der Waals surface area contributed by atoms with Gasteiger partial charge in [0.15, 0.2) is 0 Å². The third-order valence-corrected chi connectivity index (χ3v) is 3.69. The monoisotopic (exact) mass is 321 g/mol. The molecule has 120 valence electrons. The second kappa shape index (κ2) is 8.01. The number of hydrogen-bond acceptors (Lipinski definition) is 2. The van der Waals surface area contributed by atoms with Gasteiger partial charge in [-0.05, 0) is 29.2 Å². The lowest BCUT2D eigenvalue weighted by atomic mass is 9.99. The van der Waals surface area contributed by atoms with Crippen molar-refractivity contribution in [1.29, 1.82) is 0 Å². The van der Waals surface area contributed by atoms with Crippen molar-refractivity contribution in [2.45, 2.75) is 25.8 Å². The second-order valence-electron chi connectivity index (χ2n) is 5.64. The minimum Gasteiger partial charge on any atom is -0.349 e. The summed E-state index contributed by atoms with van der Waals surface area (Å²) in [5, 5.41) is 2.88. The molecule has 1 heterocycles. The van der Waals surface area contributed by atoms with Crippen LogP contribution in [-0.2, 0) is 7.05 Å². The van der Waals surface area contributed by atoms with E-state index in [0.717, 1.165) is 5.56 Å². The van der Waals surface area contributed by atoms with Gasteiger partial charge in [0.25, 0.3) is 5.91 Å². The van der Waals surface area contributed by atoms with Crippen molar-refractivity contribution in [3.05, 3.63) is 59.4 Å². The number of rotatable bonds is 5. The SMILES string of the molecule is CC(C)c1ccc(C(N)CNC(=O)c2cccn2C)cc1.Cl. The number of aryl methyl sites for hydroxylation is 1. The van der Waals surface area contributed by atoms with E-state index in [9.17, 15) is 4.79 Å². The molecule has 1 aromatic carbocycles. The van der Waals surface area contributed by atoms with Crippen LogP contribution in [0.3, 0.4) is 0 Å². The van der Waals surface area contributed by atoms with Crippen molar-refractivity contribution in [2.24, 2.45) is 12.8 Å². The van der Waals surface area contributed by atoms with Gasteiger partial charge < -0.3 is 15.6 Å². The van der Waals surface area contributed by atoms with Gasteiger partial charge in [-0.25, -0.2) is 0 Å². The predicted octanol–water partition coefficient (Wildman–Crippen LogP) is 3.00. The van der Waals surface area contributed by atoms with Crippen LogP contribution in [0.15, 0.2) is 42.6 Å². The van der Waals surface area contributed by atoms with Crippen LogP contribution in [0.5, 0.6) is 0 Å². The molecule has 0 saturated heterocycles. The molecule has 2 aromatic rings. The topological polar surface area (TPSA) is 60.0 Å². The first-order chi connectivity index (χ1) is 9.99. The van der Waals surface area contributed by atoms with Crippen molar-refractivity contribution >= 4 is 18.3 Å². The van der Waals surface area contributed by atoms with E-state index in [1.165, 1.54) is 5.56 Å². The number of aromatic nitrogens is 1.